The van der Waals surface area contributed by atoms with Gasteiger partial charge in [-0.05, 0) is 196 Å². The highest BCUT2D eigenvalue weighted by Gasteiger charge is 1.95. The molecule has 0 spiro atoms. The summed E-state index contributed by atoms with van der Waals surface area (Å²) in [4.78, 5) is 0. The summed E-state index contributed by atoms with van der Waals surface area (Å²) in [7, 11) is 0. The Morgan fingerprint density at radius 1 is 0.184 bits per heavy atom. The number of hydrogen-bond donors (Lipinski definition) is 16. The Balaban J connectivity index is 0.000000829. The summed E-state index contributed by atoms with van der Waals surface area (Å²) in [5, 5.41) is 140. The molecule has 16 nitrogen and oxygen atoms in total. The third-order valence-corrected chi connectivity index (χ3v) is 8.62. The standard InChI is InChI=1S/2C7H8O2.2C7H8O.5C6H6O2.C2H6/c2*1-5-2-3-6(8)4-7(5)9;2*1-6-3-2-4-7(8)5-6;4*7-5-1-2-6(8)4-3-5;7-5-2-1-3-6(8)4-5;1-2/h2*2-4,8-9H,1H3;2*2-5,8H,1H3;5*1-4,7-8H;1-2H3. The molecule has 0 heterocycles. The predicted molar refractivity (Wildman–Crippen MR) is 295 cm³/mol. The highest BCUT2D eigenvalue weighted by molar-refractivity contribution is 5.39. The highest BCUT2D eigenvalue weighted by Crippen LogP contribution is 2.22. The molecular formula is C60H68O16. The van der Waals surface area contributed by atoms with Gasteiger partial charge in [0.1, 0.15) is 92.0 Å². The van der Waals surface area contributed by atoms with E-state index in [1.165, 1.54) is 140 Å². The number of aryl methyl sites for hydroxylation is 4. The Morgan fingerprint density at radius 2 is 0.355 bits per heavy atom. The van der Waals surface area contributed by atoms with Gasteiger partial charge < -0.3 is 81.7 Å². The number of benzene rings is 9. The first-order valence-electron chi connectivity index (χ1n) is 22.8. The van der Waals surface area contributed by atoms with Gasteiger partial charge in [-0.1, -0.05) is 56.3 Å². The maximum Gasteiger partial charge on any atom is 0.122 e. The van der Waals surface area contributed by atoms with Gasteiger partial charge in [-0.3, -0.25) is 0 Å². The molecule has 0 amide bonds. The first-order chi connectivity index (χ1) is 35.9. The molecular weight excluding hydrogens is 977 g/mol. The van der Waals surface area contributed by atoms with Crippen LogP contribution in [0.4, 0.5) is 0 Å². The van der Waals surface area contributed by atoms with Gasteiger partial charge in [-0.2, -0.15) is 0 Å². The molecule has 76 heavy (non-hydrogen) atoms. The number of phenols is 16. The summed E-state index contributed by atoms with van der Waals surface area (Å²) >= 11 is 0. The van der Waals surface area contributed by atoms with Crippen LogP contribution in [0.15, 0.2) is 206 Å². The monoisotopic (exact) mass is 1040 g/mol. The fourth-order valence-corrected chi connectivity index (χ4v) is 4.76. The molecule has 0 atom stereocenters. The van der Waals surface area contributed by atoms with Crippen molar-refractivity contribution in [3.63, 3.8) is 0 Å². The summed E-state index contributed by atoms with van der Waals surface area (Å²) in [6.07, 6.45) is 0. The first-order valence-corrected chi connectivity index (χ1v) is 22.8. The average Bonchev–Trinajstić information content (AvgIpc) is 3.37. The quantitative estimate of drug-likeness (QED) is 0.0628. The largest absolute Gasteiger partial charge is 0.508 e. The van der Waals surface area contributed by atoms with Crippen molar-refractivity contribution in [3.05, 3.63) is 229 Å². The van der Waals surface area contributed by atoms with Gasteiger partial charge >= 0.3 is 0 Å². The number of phenolic OH excluding ortho intramolecular Hbond substituents is 16. The Kier molecular flexibility index (Phi) is 32.5. The van der Waals surface area contributed by atoms with Crippen molar-refractivity contribution in [2.24, 2.45) is 0 Å². The van der Waals surface area contributed by atoms with E-state index in [4.69, 9.17) is 81.7 Å². The van der Waals surface area contributed by atoms with E-state index in [1.807, 2.05) is 52.0 Å². The molecule has 9 rings (SSSR count). The fraction of sp³-hybridized carbons (Fsp3) is 0.100. The molecule has 0 bridgehead atoms. The second-order valence-electron chi connectivity index (χ2n) is 15.2. The molecule has 16 heteroatoms. The van der Waals surface area contributed by atoms with Crippen LogP contribution in [0.5, 0.6) is 92.0 Å². The summed E-state index contributed by atoms with van der Waals surface area (Å²) in [6, 6.07) is 52.0. The van der Waals surface area contributed by atoms with E-state index in [9.17, 15) is 0 Å². The molecule has 0 radical (unpaired) electrons. The van der Waals surface area contributed by atoms with E-state index >= 15 is 0 Å². The summed E-state index contributed by atoms with van der Waals surface area (Å²) < 4.78 is 0. The second kappa shape index (κ2) is 37.5. The van der Waals surface area contributed by atoms with Crippen LogP contribution < -0.4 is 0 Å². The van der Waals surface area contributed by atoms with Gasteiger partial charge in [0, 0.05) is 18.2 Å². The zero-order valence-corrected chi connectivity index (χ0v) is 42.8. The van der Waals surface area contributed by atoms with Gasteiger partial charge in [0.2, 0.25) is 0 Å². The molecule has 0 aliphatic heterocycles. The predicted octanol–water partition coefficient (Wildman–Crippen LogP) is 12.7. The molecule has 16 N–H and O–H groups in total. The lowest BCUT2D eigenvalue weighted by atomic mass is 10.2. The minimum Gasteiger partial charge on any atom is -0.508 e. The third kappa shape index (κ3) is 34.2. The molecule has 0 saturated heterocycles. The van der Waals surface area contributed by atoms with Crippen LogP contribution in [0.25, 0.3) is 0 Å². The maximum absolute atomic E-state index is 8.94. The van der Waals surface area contributed by atoms with Crippen LogP contribution in [0.2, 0.25) is 0 Å². The SMILES string of the molecule is CC.Cc1ccc(O)cc1O.Cc1ccc(O)cc1O.Cc1cccc(O)c1.Cc1cccc(O)c1.Oc1ccc(O)cc1.Oc1ccc(O)cc1.Oc1ccc(O)cc1.Oc1ccc(O)cc1.Oc1cccc(O)c1. The number of hydrogen-bond acceptors (Lipinski definition) is 16. The molecule has 0 unspecified atom stereocenters. The van der Waals surface area contributed by atoms with Crippen LogP contribution in [0, 0.1) is 27.7 Å². The van der Waals surface area contributed by atoms with Crippen molar-refractivity contribution in [1.82, 2.24) is 0 Å². The van der Waals surface area contributed by atoms with Gasteiger partial charge in [0.05, 0.1) is 0 Å². The van der Waals surface area contributed by atoms with Gasteiger partial charge in [0.25, 0.3) is 0 Å². The van der Waals surface area contributed by atoms with Crippen LogP contribution >= 0.6 is 0 Å². The lowest BCUT2D eigenvalue weighted by Crippen LogP contribution is -1.71. The van der Waals surface area contributed by atoms with Crippen molar-refractivity contribution in [3.8, 4) is 92.0 Å². The molecule has 404 valence electrons. The average molecular weight is 1050 g/mol. The molecule has 0 aliphatic carbocycles. The van der Waals surface area contributed by atoms with Gasteiger partial charge in [0.15, 0.2) is 0 Å². The molecule has 0 saturated carbocycles. The van der Waals surface area contributed by atoms with Crippen molar-refractivity contribution in [2.75, 3.05) is 0 Å². The second-order valence-corrected chi connectivity index (χ2v) is 15.2. The molecule has 9 aromatic rings. The Morgan fingerprint density at radius 3 is 0.487 bits per heavy atom. The van der Waals surface area contributed by atoms with E-state index in [1.54, 1.807) is 56.3 Å². The first kappa shape index (κ1) is 65.8. The zero-order chi connectivity index (χ0) is 57.6. The number of aromatic hydroxyl groups is 16. The van der Waals surface area contributed by atoms with Crippen LogP contribution in [0.3, 0.4) is 0 Å². The summed E-state index contributed by atoms with van der Waals surface area (Å²) in [6.45, 7) is 11.4. The van der Waals surface area contributed by atoms with E-state index < -0.39 is 0 Å². The topological polar surface area (TPSA) is 324 Å². The summed E-state index contributed by atoms with van der Waals surface area (Å²) in [5.41, 5.74) is 3.72. The highest BCUT2D eigenvalue weighted by atomic mass is 16.3. The minimum absolute atomic E-state index is 0.0880. The third-order valence-electron chi connectivity index (χ3n) is 8.62. The van der Waals surface area contributed by atoms with Crippen molar-refractivity contribution in [1.29, 1.82) is 0 Å². The molecule has 0 aliphatic rings. The zero-order valence-electron chi connectivity index (χ0n) is 42.8. The molecule has 9 aromatic carbocycles. The minimum atomic E-state index is 0.0880. The lowest BCUT2D eigenvalue weighted by Gasteiger charge is -1.96. The lowest BCUT2D eigenvalue weighted by molar-refractivity contribution is 0.447. The van der Waals surface area contributed by atoms with Crippen molar-refractivity contribution in [2.45, 2.75) is 41.5 Å². The van der Waals surface area contributed by atoms with Crippen molar-refractivity contribution < 1.29 is 81.7 Å². The number of rotatable bonds is 0. The van der Waals surface area contributed by atoms with Crippen LogP contribution in [-0.2, 0) is 0 Å². The van der Waals surface area contributed by atoms with Gasteiger partial charge in [-0.25, -0.2) is 0 Å². The van der Waals surface area contributed by atoms with Gasteiger partial charge in [-0.15, -0.1) is 0 Å². The summed E-state index contributed by atoms with van der Waals surface area (Å²) in [5.74, 6) is 2.67. The van der Waals surface area contributed by atoms with Crippen LogP contribution in [-0.4, -0.2) is 81.7 Å². The smallest absolute Gasteiger partial charge is 0.122 e. The Bertz CT molecular complexity index is 2470. The van der Waals surface area contributed by atoms with Crippen LogP contribution in [0.1, 0.15) is 36.1 Å². The van der Waals surface area contributed by atoms with E-state index in [0.29, 0.717) is 11.5 Å². The Labute approximate surface area is 442 Å². The Hall–Kier alpha value is -10.2. The van der Waals surface area contributed by atoms with Crippen molar-refractivity contribution >= 4 is 0 Å². The normalized spacial score (nSPS) is 8.97. The molecule has 0 aromatic heterocycles. The van der Waals surface area contributed by atoms with E-state index in [2.05, 4.69) is 0 Å². The maximum atomic E-state index is 8.94. The van der Waals surface area contributed by atoms with E-state index in [-0.39, 0.29) is 80.5 Å². The fourth-order valence-electron chi connectivity index (χ4n) is 4.76. The molecule has 0 fully saturated rings. The van der Waals surface area contributed by atoms with E-state index in [0.717, 1.165) is 22.3 Å².